The normalized spacial score (nSPS) is 6.86. The van der Waals surface area contributed by atoms with Gasteiger partial charge in [0.1, 0.15) is 0 Å². The Balaban J connectivity index is -0.000000168. The van der Waals surface area contributed by atoms with Crippen LogP contribution in [0.15, 0.2) is 12.2 Å². The van der Waals surface area contributed by atoms with Gasteiger partial charge >= 0.3 is 48.4 Å². The van der Waals surface area contributed by atoms with Crippen LogP contribution in [-0.4, -0.2) is 60.3 Å². The quantitative estimate of drug-likeness (QED) is 0.272. The zero-order valence-corrected chi connectivity index (χ0v) is 9.04. The Bertz CT molecular complexity index is 151. The second kappa shape index (κ2) is 18.4. The minimum absolute atomic E-state index is 0.384. The molecule has 0 atom stereocenters. The molecule has 4 N–H and O–H groups in total. The van der Waals surface area contributed by atoms with Gasteiger partial charge < -0.3 is 19.8 Å². The van der Waals surface area contributed by atoms with Gasteiger partial charge in [-0.05, 0) is 12.2 Å². The summed E-state index contributed by atoms with van der Waals surface area (Å²) in [4.78, 5) is 18.8. The topological polar surface area (TPSA) is 161 Å². The molecule has 0 aromatic rings. The van der Waals surface area contributed by atoms with Gasteiger partial charge in [-0.2, -0.15) is 0 Å². The van der Waals surface area contributed by atoms with Crippen LogP contribution in [0.1, 0.15) is 0 Å². The van der Waals surface area contributed by atoms with Gasteiger partial charge in [0.2, 0.25) is 0 Å². The molecule has 0 saturated carbocycles. The zero-order valence-electron chi connectivity index (χ0n) is 6.73. The maximum absolute atomic E-state index is 9.41. The number of carboxylic acid groups (broad SMARTS) is 2. The summed E-state index contributed by atoms with van der Waals surface area (Å²) in [7, 11) is 0. The van der Waals surface area contributed by atoms with E-state index in [1.54, 1.807) is 0 Å². The summed E-state index contributed by atoms with van der Waals surface area (Å²) in [5.74, 6) is -3.09. The molecule has 0 radical (unpaired) electrons. The van der Waals surface area contributed by atoms with Crippen molar-refractivity contribution < 1.29 is 36.4 Å². The molecule has 8 nitrogen and oxygen atoms in total. The fourth-order valence-electron chi connectivity index (χ4n) is 0.136. The Hall–Kier alpha value is -0.415. The first-order valence-electron chi connectivity index (χ1n) is 2.76. The van der Waals surface area contributed by atoms with Crippen LogP contribution >= 0.6 is 0 Å². The minimum atomic E-state index is -1.55. The molecule has 0 aliphatic heterocycles. The van der Waals surface area contributed by atoms with E-state index in [9.17, 15) is 19.8 Å². The van der Waals surface area contributed by atoms with Crippen LogP contribution < -0.4 is 10.2 Å². The Kier molecular flexibility index (Phi) is 25.2. The number of aliphatic carboxylic acids is 2. The van der Waals surface area contributed by atoms with Gasteiger partial charge in [-0.1, -0.05) is 0 Å². The number of carbonyl (C=O) groups is 2. The average Bonchev–Trinajstić information content (AvgIpc) is 2.04. The first-order chi connectivity index (χ1) is 6.45. The summed E-state index contributed by atoms with van der Waals surface area (Å²) < 4.78 is 28.8. The number of hydrogen-bond donors (Lipinski definition) is 4. The van der Waals surface area contributed by atoms with Crippen LogP contribution in [0.2, 0.25) is 0 Å². The van der Waals surface area contributed by atoms with Gasteiger partial charge in [-0.25, -0.2) is 0 Å². The van der Waals surface area contributed by atoms with Gasteiger partial charge in [0.25, 0.3) is 0 Å². The summed E-state index contributed by atoms with van der Waals surface area (Å²) in [6.45, 7) is 0. The molecule has 0 amide bonds. The molecule has 0 heterocycles. The van der Waals surface area contributed by atoms with E-state index in [0.717, 1.165) is 0 Å². The molecule has 76 valence electrons. The molecule has 0 aromatic carbocycles. The Morgan fingerprint density at radius 1 is 0.857 bits per heavy atom. The van der Waals surface area contributed by atoms with Crippen LogP contribution in [0.4, 0.5) is 0 Å². The van der Waals surface area contributed by atoms with Crippen molar-refractivity contribution in [3.05, 3.63) is 12.2 Å². The Morgan fingerprint density at radius 2 is 1.00 bits per heavy atom. The molecule has 10 heteroatoms. The predicted octanol–water partition coefficient (Wildman–Crippen LogP) is -5.95. The standard InChI is InChI=1S/C4H4O4.2Al.4H2O/c5-3(6)1-2-4(7)8;;;;;;/h1-2H,(H,5,6)(H,7,8);;;4*1H2/q;2*+3;;;;/p-6/b2-1-;;;;;;. The second-order valence-electron chi connectivity index (χ2n) is 1.20. The van der Waals surface area contributed by atoms with Crippen molar-refractivity contribution in [3.8, 4) is 0 Å². The molecule has 0 aromatic heterocycles. The van der Waals surface area contributed by atoms with Crippen molar-refractivity contribution in [2.75, 3.05) is 0 Å². The number of rotatable bonds is 2. The van der Waals surface area contributed by atoms with Gasteiger partial charge in [0.05, 0.1) is 11.9 Å². The van der Waals surface area contributed by atoms with Crippen LogP contribution in [0.3, 0.4) is 0 Å². The third-order valence-electron chi connectivity index (χ3n) is 0.355. The average molecular weight is 236 g/mol. The monoisotopic (exact) mass is 236 g/mol. The van der Waals surface area contributed by atoms with E-state index in [-0.39, 0.29) is 0 Å². The number of hydrogen-bond acceptors (Lipinski definition) is 8. The van der Waals surface area contributed by atoms with E-state index in [1.807, 2.05) is 0 Å². The second-order valence-corrected chi connectivity index (χ2v) is 1.66. The van der Waals surface area contributed by atoms with Gasteiger partial charge in [-0.3, -0.25) is 0 Å². The first kappa shape index (κ1) is 19.2. The molecule has 0 rings (SSSR count). The summed E-state index contributed by atoms with van der Waals surface area (Å²) in [6.07, 6.45) is 0.769. The summed E-state index contributed by atoms with van der Waals surface area (Å²) in [5.41, 5.74) is 0. The molecular weight excluding hydrogens is 230 g/mol. The number of carboxylic acids is 2. The van der Waals surface area contributed by atoms with Gasteiger partial charge in [0.15, 0.2) is 0 Å². The fourth-order valence-corrected chi connectivity index (χ4v) is 0.136. The zero-order chi connectivity index (χ0) is 12.0. The Morgan fingerprint density at radius 3 is 1.07 bits per heavy atom. The Labute approximate surface area is 92.5 Å². The van der Waals surface area contributed by atoms with Crippen LogP contribution in [-0.2, 0) is 9.59 Å². The summed E-state index contributed by atoms with van der Waals surface area (Å²) in [6, 6.07) is 0. The van der Waals surface area contributed by atoms with Crippen LogP contribution in [0.25, 0.3) is 0 Å². The SMILES string of the molecule is O=C([O-])/C=C\C(=O)[O-].[OH][Al+][OH].[OH][Al+][OH]. The van der Waals surface area contributed by atoms with Crippen molar-refractivity contribution in [3.63, 3.8) is 0 Å². The number of carbonyl (C=O) groups excluding carboxylic acids is 2. The first-order valence-corrected chi connectivity index (χ1v) is 4.83. The van der Waals surface area contributed by atoms with Crippen molar-refractivity contribution in [2.45, 2.75) is 0 Å². The van der Waals surface area contributed by atoms with Crippen molar-refractivity contribution in [1.82, 2.24) is 0 Å². The van der Waals surface area contributed by atoms with E-state index in [2.05, 4.69) is 0 Å². The van der Waals surface area contributed by atoms with Gasteiger partial charge in [0, 0.05) is 0 Å². The molecule has 0 saturated heterocycles. The van der Waals surface area contributed by atoms with Gasteiger partial charge in [-0.15, -0.1) is 0 Å². The molecule has 0 bridgehead atoms. The van der Waals surface area contributed by atoms with Crippen molar-refractivity contribution >= 4 is 43.7 Å². The predicted molar refractivity (Wildman–Crippen MR) is 39.5 cm³/mol. The van der Waals surface area contributed by atoms with E-state index in [4.69, 9.17) is 16.6 Å². The molecular formula is C4H6Al2O8. The fraction of sp³-hybridized carbons (Fsp3) is 0. The molecule has 0 fully saturated rings. The van der Waals surface area contributed by atoms with Crippen LogP contribution in [0.5, 0.6) is 0 Å². The van der Waals surface area contributed by atoms with E-state index in [1.165, 1.54) is 0 Å². The maximum atomic E-state index is 9.41. The van der Waals surface area contributed by atoms with Crippen molar-refractivity contribution in [2.24, 2.45) is 0 Å². The molecule has 0 aliphatic carbocycles. The van der Waals surface area contributed by atoms with E-state index < -0.39 is 43.7 Å². The van der Waals surface area contributed by atoms with E-state index in [0.29, 0.717) is 12.2 Å². The summed E-state index contributed by atoms with van der Waals surface area (Å²) >= 11 is -2.50. The third kappa shape index (κ3) is 61.7. The van der Waals surface area contributed by atoms with Crippen LogP contribution in [0, 0.1) is 0 Å². The third-order valence-corrected chi connectivity index (χ3v) is 0.355. The molecule has 0 spiro atoms. The molecule has 0 aliphatic rings. The van der Waals surface area contributed by atoms with Crippen molar-refractivity contribution in [1.29, 1.82) is 0 Å². The molecule has 14 heavy (non-hydrogen) atoms. The van der Waals surface area contributed by atoms with E-state index >= 15 is 0 Å². The molecule has 0 unspecified atom stereocenters. The summed E-state index contributed by atoms with van der Waals surface area (Å²) in [5, 5.41) is 18.8.